The summed E-state index contributed by atoms with van der Waals surface area (Å²) >= 11 is 5.98. The lowest BCUT2D eigenvalue weighted by Crippen LogP contribution is -2.09. The molecule has 0 amide bonds. The summed E-state index contributed by atoms with van der Waals surface area (Å²) in [4.78, 5) is 12.0. The molecule has 2 aromatic carbocycles. The summed E-state index contributed by atoms with van der Waals surface area (Å²) in [7, 11) is 0. The first-order valence-electron chi connectivity index (χ1n) is 8.19. The lowest BCUT2D eigenvalue weighted by molar-refractivity contribution is -0.137. The van der Waals surface area contributed by atoms with Gasteiger partial charge in [0, 0.05) is 12.0 Å². The smallest absolute Gasteiger partial charge is 0.416 e. The summed E-state index contributed by atoms with van der Waals surface area (Å²) in [5.41, 5.74) is 0.209. The molecule has 0 fully saturated rings. The van der Waals surface area contributed by atoms with Crippen LogP contribution >= 0.6 is 11.6 Å². The number of benzene rings is 2. The quantitative estimate of drug-likeness (QED) is 0.424. The van der Waals surface area contributed by atoms with Crippen molar-refractivity contribution in [3.05, 3.63) is 64.5 Å². The van der Waals surface area contributed by atoms with E-state index in [1.807, 2.05) is 6.92 Å². The molecule has 3 aromatic rings. The number of esters is 1. The maximum absolute atomic E-state index is 12.8. The SMILES string of the molecule is Cc1ccc(Cl)c(OC(=O)CCc2nnc(-c3cccc(C(F)(F)F)c3)o2)c1. The Morgan fingerprint density at radius 3 is 2.71 bits per heavy atom. The first kappa shape index (κ1) is 19.9. The highest BCUT2D eigenvalue weighted by Crippen LogP contribution is 2.32. The summed E-state index contributed by atoms with van der Waals surface area (Å²) in [5.74, 6) is -0.246. The van der Waals surface area contributed by atoms with Crippen LogP contribution in [0, 0.1) is 6.92 Å². The summed E-state index contributed by atoms with van der Waals surface area (Å²) < 4.78 is 49.0. The number of hydrogen-bond acceptors (Lipinski definition) is 5. The first-order chi connectivity index (χ1) is 13.2. The Bertz CT molecular complexity index is 1000. The van der Waals surface area contributed by atoms with E-state index in [1.54, 1.807) is 18.2 Å². The van der Waals surface area contributed by atoms with Gasteiger partial charge in [-0.3, -0.25) is 4.79 Å². The Labute approximate surface area is 163 Å². The van der Waals surface area contributed by atoms with Crippen molar-refractivity contribution in [2.24, 2.45) is 0 Å². The fourth-order valence-corrected chi connectivity index (χ4v) is 2.53. The average molecular weight is 411 g/mol. The zero-order valence-electron chi connectivity index (χ0n) is 14.6. The van der Waals surface area contributed by atoms with Crippen LogP contribution in [0.3, 0.4) is 0 Å². The molecule has 0 aliphatic carbocycles. The summed E-state index contributed by atoms with van der Waals surface area (Å²) in [6.45, 7) is 1.83. The molecule has 0 radical (unpaired) electrons. The first-order valence-corrected chi connectivity index (χ1v) is 8.57. The molecule has 0 atom stereocenters. The zero-order chi connectivity index (χ0) is 20.3. The van der Waals surface area contributed by atoms with Crippen molar-refractivity contribution >= 4 is 17.6 Å². The average Bonchev–Trinajstić information content (AvgIpc) is 3.12. The van der Waals surface area contributed by atoms with Crippen molar-refractivity contribution in [1.82, 2.24) is 10.2 Å². The van der Waals surface area contributed by atoms with Crippen LogP contribution in [-0.4, -0.2) is 16.2 Å². The Hall–Kier alpha value is -2.87. The van der Waals surface area contributed by atoms with E-state index in [-0.39, 0.29) is 35.9 Å². The van der Waals surface area contributed by atoms with Gasteiger partial charge in [0.15, 0.2) is 0 Å². The lowest BCUT2D eigenvalue weighted by Gasteiger charge is -2.06. The van der Waals surface area contributed by atoms with Crippen molar-refractivity contribution in [3.63, 3.8) is 0 Å². The second-order valence-electron chi connectivity index (χ2n) is 5.99. The van der Waals surface area contributed by atoms with Crippen LogP contribution in [0.2, 0.25) is 5.02 Å². The predicted molar refractivity (Wildman–Crippen MR) is 94.9 cm³/mol. The zero-order valence-corrected chi connectivity index (χ0v) is 15.3. The van der Waals surface area contributed by atoms with E-state index in [2.05, 4.69) is 10.2 Å². The van der Waals surface area contributed by atoms with Crippen LogP contribution < -0.4 is 4.74 Å². The van der Waals surface area contributed by atoms with Gasteiger partial charge in [-0.2, -0.15) is 13.2 Å². The molecule has 0 saturated carbocycles. The van der Waals surface area contributed by atoms with Gasteiger partial charge in [-0.1, -0.05) is 23.7 Å². The molecule has 146 valence electrons. The normalized spacial score (nSPS) is 11.5. The van der Waals surface area contributed by atoms with Crippen molar-refractivity contribution in [2.75, 3.05) is 0 Å². The maximum atomic E-state index is 12.8. The monoisotopic (exact) mass is 410 g/mol. The third-order valence-corrected chi connectivity index (χ3v) is 4.07. The molecule has 0 aliphatic rings. The number of aromatic nitrogens is 2. The predicted octanol–water partition coefficient (Wildman–Crippen LogP) is 5.26. The largest absolute Gasteiger partial charge is 0.425 e. The molecule has 0 unspecified atom stereocenters. The second kappa shape index (κ2) is 8.02. The Kier molecular flexibility index (Phi) is 5.69. The van der Waals surface area contributed by atoms with Gasteiger partial charge < -0.3 is 9.15 Å². The van der Waals surface area contributed by atoms with Gasteiger partial charge >= 0.3 is 12.1 Å². The molecule has 1 aromatic heterocycles. The number of halogens is 4. The molecule has 0 spiro atoms. The minimum Gasteiger partial charge on any atom is -0.425 e. The van der Waals surface area contributed by atoms with Gasteiger partial charge in [0.25, 0.3) is 0 Å². The van der Waals surface area contributed by atoms with Crippen LogP contribution in [0.25, 0.3) is 11.5 Å². The molecule has 28 heavy (non-hydrogen) atoms. The van der Waals surface area contributed by atoms with Gasteiger partial charge in [0.05, 0.1) is 17.0 Å². The Morgan fingerprint density at radius 1 is 1.18 bits per heavy atom. The topological polar surface area (TPSA) is 65.2 Å². The fraction of sp³-hybridized carbons (Fsp3) is 0.211. The number of rotatable bonds is 5. The molecule has 9 heteroatoms. The molecule has 0 bridgehead atoms. The number of carbonyl (C=O) groups is 1. The van der Waals surface area contributed by atoms with Crippen LogP contribution in [0.5, 0.6) is 5.75 Å². The number of alkyl halides is 3. The van der Waals surface area contributed by atoms with Gasteiger partial charge in [-0.15, -0.1) is 10.2 Å². The van der Waals surface area contributed by atoms with E-state index >= 15 is 0 Å². The Morgan fingerprint density at radius 2 is 1.96 bits per heavy atom. The third-order valence-electron chi connectivity index (χ3n) is 3.76. The molecular weight excluding hydrogens is 397 g/mol. The van der Waals surface area contributed by atoms with Gasteiger partial charge in [0.2, 0.25) is 11.8 Å². The van der Waals surface area contributed by atoms with Gasteiger partial charge in [0.1, 0.15) is 5.75 Å². The summed E-state index contributed by atoms with van der Waals surface area (Å²) in [6.07, 6.45) is -4.46. The second-order valence-corrected chi connectivity index (χ2v) is 6.39. The molecule has 0 N–H and O–H groups in total. The van der Waals surface area contributed by atoms with Gasteiger partial charge in [-0.25, -0.2) is 0 Å². The maximum Gasteiger partial charge on any atom is 0.416 e. The van der Waals surface area contributed by atoms with E-state index in [0.29, 0.717) is 5.02 Å². The van der Waals surface area contributed by atoms with E-state index in [9.17, 15) is 18.0 Å². The number of carbonyl (C=O) groups excluding carboxylic acids is 1. The third kappa shape index (κ3) is 4.89. The highest BCUT2D eigenvalue weighted by atomic mass is 35.5. The number of ether oxygens (including phenoxy) is 1. The molecule has 1 heterocycles. The Balaban J connectivity index is 1.64. The van der Waals surface area contributed by atoms with Crippen LogP contribution in [0.15, 0.2) is 46.9 Å². The highest BCUT2D eigenvalue weighted by molar-refractivity contribution is 6.32. The van der Waals surface area contributed by atoms with E-state index < -0.39 is 17.7 Å². The number of nitrogens with zero attached hydrogens (tertiary/aromatic N) is 2. The van der Waals surface area contributed by atoms with E-state index in [1.165, 1.54) is 12.1 Å². The van der Waals surface area contributed by atoms with Gasteiger partial charge in [-0.05, 0) is 42.8 Å². The fourth-order valence-electron chi connectivity index (χ4n) is 2.37. The minimum absolute atomic E-state index is 0.0591. The van der Waals surface area contributed by atoms with Crippen molar-refractivity contribution in [2.45, 2.75) is 25.9 Å². The van der Waals surface area contributed by atoms with Crippen LogP contribution in [-0.2, 0) is 17.4 Å². The molecular formula is C19H14ClF3N2O3. The van der Waals surface area contributed by atoms with Crippen LogP contribution in [0.1, 0.15) is 23.4 Å². The number of aryl methyl sites for hydroxylation is 2. The standard InChI is InChI=1S/C19H14ClF3N2O3/c1-11-5-6-14(20)15(9-11)27-17(26)8-7-16-24-25-18(28-16)12-3-2-4-13(10-12)19(21,22)23/h2-6,9-10H,7-8H2,1H3. The summed E-state index contributed by atoms with van der Waals surface area (Å²) in [6, 6.07) is 9.61. The summed E-state index contributed by atoms with van der Waals surface area (Å²) in [5, 5.41) is 7.81. The van der Waals surface area contributed by atoms with E-state index in [4.69, 9.17) is 20.8 Å². The van der Waals surface area contributed by atoms with Crippen molar-refractivity contribution < 1.29 is 27.1 Å². The van der Waals surface area contributed by atoms with Crippen LogP contribution in [0.4, 0.5) is 13.2 Å². The molecule has 0 aliphatic heterocycles. The molecule has 3 rings (SSSR count). The van der Waals surface area contributed by atoms with E-state index in [0.717, 1.165) is 17.7 Å². The number of hydrogen-bond donors (Lipinski definition) is 0. The molecule has 0 saturated heterocycles. The lowest BCUT2D eigenvalue weighted by atomic mass is 10.1. The molecule has 5 nitrogen and oxygen atoms in total. The van der Waals surface area contributed by atoms with Crippen molar-refractivity contribution in [3.8, 4) is 17.2 Å². The highest BCUT2D eigenvalue weighted by Gasteiger charge is 2.30. The van der Waals surface area contributed by atoms with Crippen molar-refractivity contribution in [1.29, 1.82) is 0 Å². The minimum atomic E-state index is -4.47.